The first-order valence-corrected chi connectivity index (χ1v) is 20.0. The summed E-state index contributed by atoms with van der Waals surface area (Å²) in [6.07, 6.45) is 0.385. The maximum absolute atomic E-state index is 14.5. The number of rotatable bonds is 3. The number of Topliss-reactive ketones (excluding diaryl/α,β-unsaturated/α-hetero) is 2. The monoisotopic (exact) mass is 822 g/mol. The predicted octanol–water partition coefficient (Wildman–Crippen LogP) is 3.14. The van der Waals surface area contributed by atoms with Crippen molar-refractivity contribution in [3.8, 4) is 11.5 Å². The van der Waals surface area contributed by atoms with Gasteiger partial charge in [-0.2, -0.15) is 0 Å². The van der Waals surface area contributed by atoms with E-state index >= 15 is 0 Å². The fourth-order valence-electron chi connectivity index (χ4n) is 8.69. The fourth-order valence-corrected chi connectivity index (χ4v) is 8.69. The largest absolute Gasteiger partial charge is 0.507 e. The molecule has 2 aliphatic carbocycles. The number of aliphatic hydroxyl groups excluding tert-OH is 3. The van der Waals surface area contributed by atoms with E-state index < -0.39 is 113 Å². The Morgan fingerprint density at radius 1 is 0.949 bits per heavy atom. The molecular weight excluding hydrogens is 768 g/mol. The highest BCUT2D eigenvalue weighted by atomic mass is 16.7. The number of amides is 1. The van der Waals surface area contributed by atoms with Crippen molar-refractivity contribution in [2.24, 2.45) is 34.6 Å². The molecule has 1 saturated carbocycles. The molecule has 1 aromatic carbocycles. The number of aromatic hydroxyl groups is 1. The topological polar surface area (TPSA) is 237 Å². The standard InChI is InChI=1S/C43H54N2O14/c1-17-14-29(47)24-15-25(24)36(50)19(3)35(49)20(4)39(58-23(7)46)18(2)30(55-9)12-13-56-43(8)41(53)34-32-27(44-26-10-11-31(48)57-22(26)6)16-28(45-42(17)54)38(52)33(32)37(51)21(5)40(34)59-43/h12-14,16,18-20,22,24-26,30-31,35-36,39,48-51H,10-11,15H2,1-9H3,(H,45,54)/t18-,19-,20+,22-,24-,25-,26+,30-,31-,35-,36+,39-,43+/m1/s1. The molecule has 4 heterocycles. The van der Waals surface area contributed by atoms with Crippen molar-refractivity contribution in [3.05, 3.63) is 58.0 Å². The summed E-state index contributed by atoms with van der Waals surface area (Å²) in [5.41, 5.74) is -0.683. The third kappa shape index (κ3) is 8.25. The second kappa shape index (κ2) is 16.7. The van der Waals surface area contributed by atoms with E-state index in [-0.39, 0.29) is 51.4 Å². The van der Waals surface area contributed by atoms with Crippen LogP contribution in [0.3, 0.4) is 0 Å². The summed E-state index contributed by atoms with van der Waals surface area (Å²) in [6.45, 7) is 12.2. The molecule has 2 fully saturated rings. The Labute approximate surface area is 342 Å². The highest BCUT2D eigenvalue weighted by molar-refractivity contribution is 6.32. The van der Waals surface area contributed by atoms with Crippen molar-refractivity contribution in [2.45, 2.75) is 123 Å². The molecular formula is C43H54N2O14. The minimum absolute atomic E-state index is 0.0441. The van der Waals surface area contributed by atoms with Crippen LogP contribution in [0.15, 0.2) is 40.8 Å². The zero-order chi connectivity index (χ0) is 43.4. The molecule has 59 heavy (non-hydrogen) atoms. The number of esters is 1. The molecule has 6 aliphatic rings. The van der Waals surface area contributed by atoms with E-state index in [1.54, 1.807) is 27.7 Å². The van der Waals surface area contributed by atoms with Crippen LogP contribution in [0.5, 0.6) is 11.5 Å². The van der Waals surface area contributed by atoms with E-state index in [2.05, 4.69) is 5.32 Å². The first-order chi connectivity index (χ1) is 27.7. The zero-order valence-electron chi connectivity index (χ0n) is 34.7. The number of phenolic OH excluding ortho intramolecular Hbond substituents is 1. The van der Waals surface area contributed by atoms with Crippen molar-refractivity contribution >= 4 is 34.9 Å². The number of aliphatic imine (C=N–C) groups is 1. The number of methoxy groups -OCH3 is 1. The zero-order valence-corrected chi connectivity index (χ0v) is 34.7. The van der Waals surface area contributed by atoms with Gasteiger partial charge in [0, 0.05) is 67.7 Å². The highest BCUT2D eigenvalue weighted by Crippen LogP contribution is 2.49. The highest BCUT2D eigenvalue weighted by Gasteiger charge is 2.52. The molecule has 0 spiro atoms. The van der Waals surface area contributed by atoms with Crippen LogP contribution >= 0.6 is 0 Å². The van der Waals surface area contributed by atoms with E-state index in [0.29, 0.717) is 12.8 Å². The number of ketones is 3. The first kappa shape index (κ1) is 43.8. The molecule has 0 aromatic heterocycles. The molecule has 16 nitrogen and oxygen atoms in total. The summed E-state index contributed by atoms with van der Waals surface area (Å²) in [6, 6.07) is -0.576. The number of hydrogen-bond acceptors (Lipinski definition) is 15. The lowest BCUT2D eigenvalue weighted by molar-refractivity contribution is -0.162. The number of fused-ring (bicyclic) bond motifs is 12. The van der Waals surface area contributed by atoms with Gasteiger partial charge in [-0.3, -0.25) is 29.0 Å². The number of aliphatic hydroxyl groups is 3. The Kier molecular flexibility index (Phi) is 12.4. The van der Waals surface area contributed by atoms with Crippen LogP contribution in [0, 0.1) is 36.5 Å². The summed E-state index contributed by atoms with van der Waals surface area (Å²) in [7, 11) is 1.42. The maximum atomic E-state index is 14.5. The number of nitrogens with zero attached hydrogens (tertiary/aromatic N) is 1. The summed E-state index contributed by atoms with van der Waals surface area (Å²) >= 11 is 0. The van der Waals surface area contributed by atoms with Crippen molar-refractivity contribution in [3.63, 3.8) is 0 Å². The van der Waals surface area contributed by atoms with Gasteiger partial charge in [0.2, 0.25) is 5.78 Å². The van der Waals surface area contributed by atoms with Crippen molar-refractivity contribution in [1.82, 2.24) is 5.32 Å². The normalized spacial score (nSPS) is 37.2. The Balaban J connectivity index is 1.48. The number of nitrogens with one attached hydrogen (secondary N) is 1. The van der Waals surface area contributed by atoms with Crippen molar-refractivity contribution in [2.75, 3.05) is 7.11 Å². The van der Waals surface area contributed by atoms with E-state index in [9.17, 15) is 44.4 Å². The van der Waals surface area contributed by atoms with Gasteiger partial charge in [-0.05, 0) is 57.8 Å². The summed E-state index contributed by atoms with van der Waals surface area (Å²) < 4.78 is 29.3. The van der Waals surface area contributed by atoms with Gasteiger partial charge in [0.05, 0.1) is 59.3 Å². The lowest BCUT2D eigenvalue weighted by Gasteiger charge is -2.37. The van der Waals surface area contributed by atoms with E-state index in [4.69, 9.17) is 28.7 Å². The van der Waals surface area contributed by atoms with Crippen LogP contribution in [0.2, 0.25) is 0 Å². The van der Waals surface area contributed by atoms with Gasteiger partial charge in [0.1, 0.15) is 17.6 Å². The second-order valence-electron chi connectivity index (χ2n) is 16.6. The fraction of sp³-hybridized carbons (Fsp3) is 0.581. The smallest absolute Gasteiger partial charge is 0.312 e. The molecule has 16 heteroatoms. The molecule has 4 aliphatic heterocycles. The summed E-state index contributed by atoms with van der Waals surface area (Å²) in [5, 5.41) is 47.2. The van der Waals surface area contributed by atoms with Crippen molar-refractivity contribution in [1.29, 1.82) is 0 Å². The van der Waals surface area contributed by atoms with E-state index in [1.807, 2.05) is 0 Å². The van der Waals surface area contributed by atoms with Gasteiger partial charge in [-0.1, -0.05) is 20.8 Å². The molecule has 0 unspecified atom stereocenters. The Bertz CT molecular complexity index is 2050. The minimum atomic E-state index is -2.03. The molecule has 7 rings (SSSR count). The average molecular weight is 823 g/mol. The third-order valence-corrected chi connectivity index (χ3v) is 12.4. The lowest BCUT2D eigenvalue weighted by Crippen LogP contribution is -2.46. The number of carbonyl (C=O) groups is 5. The summed E-state index contributed by atoms with van der Waals surface area (Å²) in [5.74, 6) is -9.25. The van der Waals surface area contributed by atoms with Crippen LogP contribution in [0.25, 0.3) is 0 Å². The number of phenols is 1. The number of ether oxygens (including phenoxy) is 5. The molecule has 1 amide bonds. The quantitative estimate of drug-likeness (QED) is 0.276. The molecule has 0 radical (unpaired) electrons. The number of allylic oxidation sites excluding steroid dienone is 3. The van der Waals surface area contributed by atoms with Gasteiger partial charge >= 0.3 is 11.8 Å². The van der Waals surface area contributed by atoms with Gasteiger partial charge in [0.15, 0.2) is 12.1 Å². The van der Waals surface area contributed by atoms with E-state index in [1.165, 1.54) is 53.2 Å². The second-order valence-corrected chi connectivity index (χ2v) is 16.6. The van der Waals surface area contributed by atoms with Crippen LogP contribution in [-0.2, 0) is 33.3 Å². The van der Waals surface area contributed by atoms with Gasteiger partial charge < -0.3 is 49.4 Å². The van der Waals surface area contributed by atoms with Crippen LogP contribution in [0.4, 0.5) is 0 Å². The lowest BCUT2D eigenvalue weighted by atomic mass is 9.79. The molecule has 1 aromatic rings. The van der Waals surface area contributed by atoms with Gasteiger partial charge in [-0.15, -0.1) is 0 Å². The number of carbonyl (C=O) groups excluding carboxylic acids is 5. The third-order valence-electron chi connectivity index (χ3n) is 12.4. The molecule has 1 saturated heterocycles. The predicted molar refractivity (Wildman–Crippen MR) is 209 cm³/mol. The van der Waals surface area contributed by atoms with Gasteiger partial charge in [-0.25, -0.2) is 0 Å². The summed E-state index contributed by atoms with van der Waals surface area (Å²) in [4.78, 5) is 73.1. The Hall–Kier alpha value is -4.74. The Morgan fingerprint density at radius 2 is 1.64 bits per heavy atom. The first-order valence-electron chi connectivity index (χ1n) is 20.0. The molecule has 320 valence electrons. The SMILES string of the molecule is CO[C@@H]1C=CO[C@@]2(C)Oc3c(C)c(O)c4c(c3C2=O)C(=N[C@H]2CC[C@H](O)O[C@@H]2C)C=C(NC(=O)C(C)=CC(=O)[C@@H]2C[C@H]2[C@@H](O)[C@H](C)[C@@H](O)[C@H](C)[C@H](OC(C)=O)[C@@H]1C)C4=O. The maximum Gasteiger partial charge on any atom is 0.312 e. The number of hydrogen-bond donors (Lipinski definition) is 5. The average Bonchev–Trinajstić information content (AvgIpc) is 3.94. The Morgan fingerprint density at radius 3 is 2.29 bits per heavy atom. The van der Waals surface area contributed by atoms with E-state index in [0.717, 1.165) is 6.08 Å². The minimum Gasteiger partial charge on any atom is -0.507 e. The van der Waals surface area contributed by atoms with Crippen molar-refractivity contribution < 1.29 is 68.1 Å². The molecule has 13 atom stereocenters. The van der Waals surface area contributed by atoms with Crippen LogP contribution in [-0.4, -0.2) is 111 Å². The van der Waals surface area contributed by atoms with Crippen LogP contribution < -0.4 is 10.1 Å². The molecule has 5 N–H and O–H groups in total. The molecule has 5 bridgehead atoms. The van der Waals surface area contributed by atoms with Gasteiger partial charge in [0.25, 0.3) is 11.7 Å². The number of benzene rings is 1. The van der Waals surface area contributed by atoms with Crippen LogP contribution in [0.1, 0.15) is 99.6 Å².